The molecule has 0 bridgehead atoms. The molecule has 0 aliphatic carbocycles. The van der Waals surface area contributed by atoms with Crippen LogP contribution in [-0.2, 0) is 9.59 Å². The standard InChI is InChI=1S/C14H25N3O2.ClH/c1-2-3-12(18)16-10-13(19)17-8-5-14(6-9-17)4-7-15-11-14;/h15H,2-11H2,1H3,(H,16,18);1H. The van der Waals surface area contributed by atoms with Gasteiger partial charge < -0.3 is 15.5 Å². The van der Waals surface area contributed by atoms with Gasteiger partial charge in [-0.15, -0.1) is 12.4 Å². The molecule has 2 amide bonds. The first-order valence-electron chi connectivity index (χ1n) is 7.40. The van der Waals surface area contributed by atoms with E-state index in [9.17, 15) is 9.59 Å². The summed E-state index contributed by atoms with van der Waals surface area (Å²) in [7, 11) is 0. The van der Waals surface area contributed by atoms with Crippen molar-refractivity contribution in [2.45, 2.75) is 39.0 Å². The first-order valence-corrected chi connectivity index (χ1v) is 7.40. The second-order valence-electron chi connectivity index (χ2n) is 5.83. The summed E-state index contributed by atoms with van der Waals surface area (Å²) in [5.74, 6) is 0.0366. The smallest absolute Gasteiger partial charge is 0.241 e. The number of hydrogen-bond acceptors (Lipinski definition) is 3. The van der Waals surface area contributed by atoms with E-state index in [2.05, 4.69) is 10.6 Å². The molecule has 2 N–H and O–H groups in total. The van der Waals surface area contributed by atoms with Crippen LogP contribution in [0.4, 0.5) is 0 Å². The number of rotatable bonds is 4. The first kappa shape index (κ1) is 17.2. The van der Waals surface area contributed by atoms with Crippen molar-refractivity contribution in [1.82, 2.24) is 15.5 Å². The largest absolute Gasteiger partial charge is 0.347 e. The van der Waals surface area contributed by atoms with Crippen molar-refractivity contribution in [3.05, 3.63) is 0 Å². The summed E-state index contributed by atoms with van der Waals surface area (Å²) < 4.78 is 0. The van der Waals surface area contributed by atoms with Gasteiger partial charge in [0.05, 0.1) is 6.54 Å². The molecule has 0 saturated carbocycles. The van der Waals surface area contributed by atoms with Gasteiger partial charge in [-0.25, -0.2) is 0 Å². The van der Waals surface area contributed by atoms with Crippen molar-refractivity contribution in [1.29, 1.82) is 0 Å². The Morgan fingerprint density at radius 3 is 2.50 bits per heavy atom. The predicted molar refractivity (Wildman–Crippen MR) is 80.9 cm³/mol. The van der Waals surface area contributed by atoms with Crippen molar-refractivity contribution in [3.63, 3.8) is 0 Å². The van der Waals surface area contributed by atoms with Crippen LogP contribution in [0.3, 0.4) is 0 Å². The van der Waals surface area contributed by atoms with Gasteiger partial charge in [0.1, 0.15) is 0 Å². The molecule has 116 valence electrons. The van der Waals surface area contributed by atoms with Crippen molar-refractivity contribution in [2.24, 2.45) is 5.41 Å². The Morgan fingerprint density at radius 2 is 1.95 bits per heavy atom. The fourth-order valence-corrected chi connectivity index (χ4v) is 3.05. The number of nitrogens with zero attached hydrogens (tertiary/aromatic N) is 1. The Hall–Kier alpha value is -0.810. The summed E-state index contributed by atoms with van der Waals surface area (Å²) in [6.07, 6.45) is 4.74. The Morgan fingerprint density at radius 1 is 1.25 bits per heavy atom. The maximum atomic E-state index is 12.0. The summed E-state index contributed by atoms with van der Waals surface area (Å²) in [5.41, 5.74) is 0.433. The molecular weight excluding hydrogens is 278 g/mol. The summed E-state index contributed by atoms with van der Waals surface area (Å²) in [6.45, 7) is 6.00. The summed E-state index contributed by atoms with van der Waals surface area (Å²) in [6, 6.07) is 0. The lowest BCUT2D eigenvalue weighted by molar-refractivity contribution is -0.134. The van der Waals surface area contributed by atoms with Crippen molar-refractivity contribution in [2.75, 3.05) is 32.7 Å². The zero-order valence-electron chi connectivity index (χ0n) is 12.2. The van der Waals surface area contributed by atoms with Gasteiger partial charge in [0, 0.05) is 26.1 Å². The maximum absolute atomic E-state index is 12.0. The Bertz CT molecular complexity index is 333. The average molecular weight is 304 g/mol. The molecule has 2 aliphatic rings. The lowest BCUT2D eigenvalue weighted by atomic mass is 9.78. The van der Waals surface area contributed by atoms with Crippen LogP contribution in [-0.4, -0.2) is 49.4 Å². The number of carbonyl (C=O) groups excluding carboxylic acids is 2. The third-order valence-corrected chi connectivity index (χ3v) is 4.42. The van der Waals surface area contributed by atoms with E-state index in [1.54, 1.807) is 0 Å². The summed E-state index contributed by atoms with van der Waals surface area (Å²) in [4.78, 5) is 25.2. The van der Waals surface area contributed by atoms with Crippen LogP contribution >= 0.6 is 12.4 Å². The molecular formula is C14H26ClN3O2. The highest BCUT2D eigenvalue weighted by Gasteiger charge is 2.37. The Kier molecular flexibility index (Phi) is 6.76. The number of piperidine rings is 1. The molecule has 6 heteroatoms. The van der Waals surface area contributed by atoms with E-state index < -0.39 is 0 Å². The van der Waals surface area contributed by atoms with Crippen LogP contribution in [0.15, 0.2) is 0 Å². The number of likely N-dealkylation sites (tertiary alicyclic amines) is 1. The molecule has 2 aliphatic heterocycles. The van der Waals surface area contributed by atoms with E-state index in [1.165, 1.54) is 6.42 Å². The highest BCUT2D eigenvalue weighted by molar-refractivity contribution is 5.85. The number of amides is 2. The van der Waals surface area contributed by atoms with Crippen molar-refractivity contribution < 1.29 is 9.59 Å². The van der Waals surface area contributed by atoms with E-state index in [0.29, 0.717) is 11.8 Å². The van der Waals surface area contributed by atoms with Gasteiger partial charge in [-0.1, -0.05) is 6.92 Å². The SMILES string of the molecule is CCCC(=O)NCC(=O)N1CCC2(CCNC2)CC1.Cl. The lowest BCUT2D eigenvalue weighted by Gasteiger charge is -2.38. The molecule has 2 fully saturated rings. The fraction of sp³-hybridized carbons (Fsp3) is 0.857. The molecule has 5 nitrogen and oxygen atoms in total. The van der Waals surface area contributed by atoms with Gasteiger partial charge in [-0.2, -0.15) is 0 Å². The Balaban J connectivity index is 0.00000200. The van der Waals surface area contributed by atoms with Crippen LogP contribution in [0.2, 0.25) is 0 Å². The molecule has 0 aromatic carbocycles. The minimum absolute atomic E-state index is 0. The Labute approximate surface area is 127 Å². The van der Waals surface area contributed by atoms with Crippen LogP contribution in [0.5, 0.6) is 0 Å². The van der Waals surface area contributed by atoms with Gasteiger partial charge in [-0.05, 0) is 37.6 Å². The first-order chi connectivity index (χ1) is 9.15. The second-order valence-corrected chi connectivity index (χ2v) is 5.83. The molecule has 0 radical (unpaired) electrons. The molecule has 0 atom stereocenters. The molecule has 0 aromatic heterocycles. The molecule has 2 heterocycles. The number of carbonyl (C=O) groups is 2. The van der Waals surface area contributed by atoms with Crippen LogP contribution in [0.25, 0.3) is 0 Å². The molecule has 0 aromatic rings. The topological polar surface area (TPSA) is 61.4 Å². The van der Waals surface area contributed by atoms with Gasteiger partial charge in [0.2, 0.25) is 11.8 Å². The van der Waals surface area contributed by atoms with Crippen LogP contribution < -0.4 is 10.6 Å². The molecule has 2 rings (SSSR count). The van der Waals surface area contributed by atoms with Crippen LogP contribution in [0.1, 0.15) is 39.0 Å². The minimum Gasteiger partial charge on any atom is -0.347 e. The van der Waals surface area contributed by atoms with Gasteiger partial charge in [0.15, 0.2) is 0 Å². The van der Waals surface area contributed by atoms with Gasteiger partial charge in [0.25, 0.3) is 0 Å². The minimum atomic E-state index is -0.0238. The lowest BCUT2D eigenvalue weighted by Crippen LogP contribution is -2.47. The third kappa shape index (κ3) is 4.35. The van der Waals surface area contributed by atoms with E-state index in [-0.39, 0.29) is 30.8 Å². The molecule has 1 spiro atoms. The van der Waals surface area contributed by atoms with Crippen molar-refractivity contribution in [3.8, 4) is 0 Å². The molecule has 20 heavy (non-hydrogen) atoms. The second kappa shape index (κ2) is 7.84. The molecule has 2 saturated heterocycles. The summed E-state index contributed by atoms with van der Waals surface area (Å²) >= 11 is 0. The van der Waals surface area contributed by atoms with E-state index in [4.69, 9.17) is 0 Å². The maximum Gasteiger partial charge on any atom is 0.241 e. The number of hydrogen-bond donors (Lipinski definition) is 2. The third-order valence-electron chi connectivity index (χ3n) is 4.42. The van der Waals surface area contributed by atoms with Crippen molar-refractivity contribution >= 4 is 24.2 Å². The number of halogens is 1. The summed E-state index contributed by atoms with van der Waals surface area (Å²) in [5, 5.41) is 6.12. The quantitative estimate of drug-likeness (QED) is 0.812. The van der Waals surface area contributed by atoms with Gasteiger partial charge >= 0.3 is 0 Å². The van der Waals surface area contributed by atoms with Crippen LogP contribution in [0, 0.1) is 5.41 Å². The van der Waals surface area contributed by atoms with E-state index in [1.807, 2.05) is 11.8 Å². The zero-order chi connectivity index (χ0) is 13.7. The van der Waals surface area contributed by atoms with Gasteiger partial charge in [-0.3, -0.25) is 9.59 Å². The van der Waals surface area contributed by atoms with E-state index >= 15 is 0 Å². The monoisotopic (exact) mass is 303 g/mol. The molecule has 0 unspecified atom stereocenters. The highest BCUT2D eigenvalue weighted by Crippen LogP contribution is 2.36. The normalized spacial score (nSPS) is 20.6. The zero-order valence-corrected chi connectivity index (χ0v) is 13.1. The number of nitrogens with one attached hydrogen (secondary N) is 2. The fourth-order valence-electron chi connectivity index (χ4n) is 3.05. The highest BCUT2D eigenvalue weighted by atomic mass is 35.5. The average Bonchev–Trinajstić information content (AvgIpc) is 2.86. The predicted octanol–water partition coefficient (Wildman–Crippen LogP) is 0.927. The van der Waals surface area contributed by atoms with E-state index in [0.717, 1.165) is 45.4 Å².